The second-order valence-corrected chi connectivity index (χ2v) is 3.59. The van der Waals surface area contributed by atoms with E-state index in [1.54, 1.807) is 0 Å². The highest BCUT2D eigenvalue weighted by molar-refractivity contribution is 5.73. The molecule has 0 fully saturated rings. The molecule has 64 valence electrons. The normalized spacial score (nSPS) is 20.0. The molecule has 0 N–H and O–H groups in total. The molecule has 0 saturated heterocycles. The lowest BCUT2D eigenvalue weighted by atomic mass is 9.92. The summed E-state index contributed by atoms with van der Waals surface area (Å²) < 4.78 is 0. The molecule has 0 spiro atoms. The summed E-state index contributed by atoms with van der Waals surface area (Å²) in [5, 5.41) is 0. The predicted molar refractivity (Wildman–Crippen MR) is 54.3 cm³/mol. The van der Waals surface area contributed by atoms with Gasteiger partial charge in [0.15, 0.2) is 0 Å². The number of aliphatic imine (C=N–C) groups is 1. The molecule has 0 aromatic heterocycles. The van der Waals surface area contributed by atoms with Crippen molar-refractivity contribution in [2.45, 2.75) is 20.3 Å². The summed E-state index contributed by atoms with van der Waals surface area (Å²) in [6, 6.07) is 0. The first-order chi connectivity index (χ1) is 5.64. The number of rotatable bonds is 2. The van der Waals surface area contributed by atoms with Crippen molar-refractivity contribution in [1.29, 1.82) is 0 Å². The number of hydrogen-bond acceptors (Lipinski definition) is 1. The van der Waals surface area contributed by atoms with E-state index in [0.717, 1.165) is 12.1 Å². The second-order valence-electron chi connectivity index (χ2n) is 3.59. The summed E-state index contributed by atoms with van der Waals surface area (Å²) in [4.78, 5) is 4.29. The summed E-state index contributed by atoms with van der Waals surface area (Å²) in [6.45, 7) is 8.03. The van der Waals surface area contributed by atoms with Gasteiger partial charge in [-0.2, -0.15) is 0 Å². The largest absolute Gasteiger partial charge is 0.261 e. The van der Waals surface area contributed by atoms with Crippen molar-refractivity contribution in [2.24, 2.45) is 10.4 Å². The van der Waals surface area contributed by atoms with Crippen LogP contribution < -0.4 is 0 Å². The predicted octanol–water partition coefficient (Wildman–Crippen LogP) is 3.11. The van der Waals surface area contributed by atoms with Gasteiger partial charge in [0.2, 0.25) is 0 Å². The van der Waals surface area contributed by atoms with Crippen molar-refractivity contribution in [2.75, 3.05) is 0 Å². The summed E-state index contributed by atoms with van der Waals surface area (Å²) in [7, 11) is 0. The molecule has 0 radical (unpaired) electrons. The quantitative estimate of drug-likeness (QED) is 0.552. The van der Waals surface area contributed by atoms with Crippen molar-refractivity contribution < 1.29 is 0 Å². The van der Waals surface area contributed by atoms with E-state index in [1.165, 1.54) is 0 Å². The highest BCUT2D eigenvalue weighted by Gasteiger charge is 2.11. The molecule has 1 nitrogen and oxygen atoms in total. The van der Waals surface area contributed by atoms with Crippen molar-refractivity contribution in [1.82, 2.24) is 0 Å². The Hall–Kier alpha value is -1.11. The van der Waals surface area contributed by atoms with Crippen LogP contribution in [0.3, 0.4) is 0 Å². The highest BCUT2D eigenvalue weighted by Crippen LogP contribution is 2.24. The van der Waals surface area contributed by atoms with Crippen LogP contribution in [0, 0.1) is 5.41 Å². The lowest BCUT2D eigenvalue weighted by Gasteiger charge is -2.13. The maximum absolute atomic E-state index is 4.29. The van der Waals surface area contributed by atoms with Crippen LogP contribution in [0.5, 0.6) is 0 Å². The maximum Gasteiger partial charge on any atom is 0.0409 e. The average Bonchev–Trinajstić information content (AvgIpc) is 2.11. The maximum atomic E-state index is 4.29. The van der Waals surface area contributed by atoms with Gasteiger partial charge in [0.25, 0.3) is 0 Å². The van der Waals surface area contributed by atoms with E-state index in [2.05, 4.69) is 37.6 Å². The fourth-order valence-electron chi connectivity index (χ4n) is 1.20. The molecule has 1 aliphatic rings. The standard InChI is InChI=1S/C11H15N/c1-4-6-10-9-11(2,3)7-5-8-12-10/h4-5,7-9H,1,6H2,2-3H3. The van der Waals surface area contributed by atoms with Crippen LogP contribution in [-0.4, -0.2) is 6.21 Å². The van der Waals surface area contributed by atoms with Crippen molar-refractivity contribution in [3.8, 4) is 0 Å². The van der Waals surface area contributed by atoms with Crippen molar-refractivity contribution in [3.63, 3.8) is 0 Å². The summed E-state index contributed by atoms with van der Waals surface area (Å²) >= 11 is 0. The molecule has 0 aromatic rings. The van der Waals surface area contributed by atoms with E-state index < -0.39 is 0 Å². The lowest BCUT2D eigenvalue weighted by Crippen LogP contribution is -2.02. The zero-order chi connectivity index (χ0) is 9.03. The van der Waals surface area contributed by atoms with Gasteiger partial charge in [-0.25, -0.2) is 0 Å². The van der Waals surface area contributed by atoms with Gasteiger partial charge in [-0.05, 0) is 6.08 Å². The molecule has 0 atom stereocenters. The monoisotopic (exact) mass is 161 g/mol. The van der Waals surface area contributed by atoms with Crippen LogP contribution in [0.1, 0.15) is 20.3 Å². The first kappa shape index (κ1) is 8.98. The van der Waals surface area contributed by atoms with E-state index in [0.29, 0.717) is 0 Å². The van der Waals surface area contributed by atoms with Crippen molar-refractivity contribution >= 4 is 6.21 Å². The Balaban J connectivity index is 2.86. The highest BCUT2D eigenvalue weighted by atomic mass is 14.7. The Morgan fingerprint density at radius 2 is 2.33 bits per heavy atom. The number of nitrogens with zero attached hydrogens (tertiary/aromatic N) is 1. The van der Waals surface area contributed by atoms with Gasteiger partial charge in [0.1, 0.15) is 0 Å². The Bertz CT molecular complexity index is 254. The number of allylic oxidation sites excluding steroid dienone is 4. The third kappa shape index (κ3) is 2.50. The zero-order valence-electron chi connectivity index (χ0n) is 7.75. The molecule has 0 aromatic carbocycles. The molecule has 1 heterocycles. The third-order valence-electron chi connectivity index (χ3n) is 1.74. The van der Waals surface area contributed by atoms with Crippen LogP contribution in [0.2, 0.25) is 0 Å². The molecular weight excluding hydrogens is 146 g/mol. The Morgan fingerprint density at radius 1 is 1.58 bits per heavy atom. The van der Waals surface area contributed by atoms with E-state index in [-0.39, 0.29) is 5.41 Å². The summed E-state index contributed by atoms with van der Waals surface area (Å²) in [5.41, 5.74) is 1.22. The fourth-order valence-corrected chi connectivity index (χ4v) is 1.20. The van der Waals surface area contributed by atoms with Gasteiger partial charge in [-0.3, -0.25) is 4.99 Å². The van der Waals surface area contributed by atoms with E-state index in [4.69, 9.17) is 0 Å². The molecular formula is C11H15N. The molecule has 1 aliphatic heterocycles. The third-order valence-corrected chi connectivity index (χ3v) is 1.74. The smallest absolute Gasteiger partial charge is 0.0409 e. The van der Waals surface area contributed by atoms with Crippen LogP contribution in [-0.2, 0) is 0 Å². The molecule has 0 unspecified atom stereocenters. The van der Waals surface area contributed by atoms with E-state index in [9.17, 15) is 0 Å². The van der Waals surface area contributed by atoms with E-state index in [1.807, 2.05) is 18.4 Å². The molecule has 0 amide bonds. The zero-order valence-corrected chi connectivity index (χ0v) is 7.75. The van der Waals surface area contributed by atoms with Crippen LogP contribution >= 0.6 is 0 Å². The Kier molecular flexibility index (Phi) is 2.64. The molecule has 12 heavy (non-hydrogen) atoms. The van der Waals surface area contributed by atoms with Crippen LogP contribution in [0.25, 0.3) is 0 Å². The Morgan fingerprint density at radius 3 is 3.00 bits per heavy atom. The number of hydrogen-bond donors (Lipinski definition) is 0. The van der Waals surface area contributed by atoms with Gasteiger partial charge in [0, 0.05) is 23.7 Å². The van der Waals surface area contributed by atoms with Crippen LogP contribution in [0.15, 0.2) is 41.6 Å². The van der Waals surface area contributed by atoms with Crippen LogP contribution in [0.4, 0.5) is 0 Å². The topological polar surface area (TPSA) is 12.4 Å². The van der Waals surface area contributed by atoms with Gasteiger partial charge in [-0.1, -0.05) is 32.1 Å². The average molecular weight is 161 g/mol. The second kappa shape index (κ2) is 3.53. The minimum Gasteiger partial charge on any atom is -0.261 e. The van der Waals surface area contributed by atoms with Gasteiger partial charge >= 0.3 is 0 Å². The molecule has 1 rings (SSSR count). The molecule has 0 bridgehead atoms. The first-order valence-corrected chi connectivity index (χ1v) is 4.18. The lowest BCUT2D eigenvalue weighted by molar-refractivity contribution is 0.620. The Labute approximate surface area is 74.2 Å². The van der Waals surface area contributed by atoms with Gasteiger partial charge in [-0.15, -0.1) is 6.58 Å². The summed E-state index contributed by atoms with van der Waals surface area (Å²) in [6.07, 6.45) is 10.9. The van der Waals surface area contributed by atoms with Gasteiger partial charge in [0.05, 0.1) is 0 Å². The minimum absolute atomic E-state index is 0.120. The summed E-state index contributed by atoms with van der Waals surface area (Å²) in [5.74, 6) is 0. The van der Waals surface area contributed by atoms with Gasteiger partial charge < -0.3 is 0 Å². The molecule has 0 aliphatic carbocycles. The minimum atomic E-state index is 0.120. The molecule has 1 heteroatoms. The first-order valence-electron chi connectivity index (χ1n) is 4.18. The van der Waals surface area contributed by atoms with E-state index >= 15 is 0 Å². The molecule has 0 saturated carbocycles. The van der Waals surface area contributed by atoms with Crippen molar-refractivity contribution in [3.05, 3.63) is 36.6 Å². The SMILES string of the molecule is C=CCC1=CC(C)(C)C=CC=N1. The fraction of sp³-hybridized carbons (Fsp3) is 0.364.